The number of carboxylic acids is 1. The van der Waals surface area contributed by atoms with Gasteiger partial charge in [0, 0.05) is 12.6 Å². The van der Waals surface area contributed by atoms with Crippen LogP contribution < -0.4 is 0 Å². The van der Waals surface area contributed by atoms with Crippen molar-refractivity contribution < 1.29 is 14.7 Å². The molecular weight excluding hydrogens is 266 g/mol. The molecule has 2 aliphatic rings. The Morgan fingerprint density at radius 2 is 1.67 bits per heavy atom. The van der Waals surface area contributed by atoms with E-state index in [2.05, 4.69) is 13.8 Å². The van der Waals surface area contributed by atoms with Crippen LogP contribution in [0.4, 0.5) is 0 Å². The third-order valence-corrected chi connectivity index (χ3v) is 5.15. The number of carbonyl (C=O) groups excluding carboxylic acids is 1. The Kier molecular flexibility index (Phi) is 5.65. The largest absolute Gasteiger partial charge is 0.481 e. The van der Waals surface area contributed by atoms with Crippen molar-refractivity contribution in [3.8, 4) is 0 Å². The molecule has 0 spiro atoms. The normalized spacial score (nSPS) is 26.4. The predicted octanol–water partition coefficient (Wildman–Crippen LogP) is 3.30. The highest BCUT2D eigenvalue weighted by molar-refractivity contribution is 5.85. The van der Waals surface area contributed by atoms with Gasteiger partial charge in [-0.2, -0.15) is 0 Å². The Morgan fingerprint density at radius 3 is 2.24 bits per heavy atom. The molecule has 0 aromatic rings. The van der Waals surface area contributed by atoms with Gasteiger partial charge in [-0.15, -0.1) is 0 Å². The first-order valence-corrected chi connectivity index (χ1v) is 8.54. The Balaban J connectivity index is 2.07. The van der Waals surface area contributed by atoms with Gasteiger partial charge >= 0.3 is 5.97 Å². The molecule has 0 radical (unpaired) electrons. The van der Waals surface area contributed by atoms with Gasteiger partial charge in [0.15, 0.2) is 0 Å². The highest BCUT2D eigenvalue weighted by atomic mass is 16.4. The Bertz CT molecular complexity index is 374. The lowest BCUT2D eigenvalue weighted by atomic mass is 9.93. The summed E-state index contributed by atoms with van der Waals surface area (Å²) in [5, 5.41) is 9.33. The Morgan fingerprint density at radius 1 is 1.05 bits per heavy atom. The van der Waals surface area contributed by atoms with Crippen molar-refractivity contribution >= 4 is 11.9 Å². The SMILES string of the molecule is CC(C)CCN(C(=O)C1CCCC1C(=O)O)C1CCCC1. The zero-order chi connectivity index (χ0) is 15.4. The second-order valence-corrected chi connectivity index (χ2v) is 7.13. The third kappa shape index (κ3) is 3.98. The summed E-state index contributed by atoms with van der Waals surface area (Å²) >= 11 is 0. The second-order valence-electron chi connectivity index (χ2n) is 7.13. The van der Waals surface area contributed by atoms with Crippen LogP contribution in [0.2, 0.25) is 0 Å². The lowest BCUT2D eigenvalue weighted by molar-refractivity contribution is -0.150. The van der Waals surface area contributed by atoms with Crippen molar-refractivity contribution in [2.75, 3.05) is 6.54 Å². The molecule has 2 rings (SSSR count). The van der Waals surface area contributed by atoms with E-state index < -0.39 is 11.9 Å². The summed E-state index contributed by atoms with van der Waals surface area (Å²) < 4.78 is 0. The monoisotopic (exact) mass is 295 g/mol. The topological polar surface area (TPSA) is 57.6 Å². The number of carboxylic acid groups (broad SMARTS) is 1. The minimum absolute atomic E-state index is 0.118. The van der Waals surface area contributed by atoms with Crippen LogP contribution in [0.25, 0.3) is 0 Å². The number of nitrogens with zero attached hydrogens (tertiary/aromatic N) is 1. The highest BCUT2D eigenvalue weighted by Crippen LogP contribution is 2.35. The maximum atomic E-state index is 12.9. The zero-order valence-corrected chi connectivity index (χ0v) is 13.4. The van der Waals surface area contributed by atoms with Gasteiger partial charge in [-0.3, -0.25) is 9.59 Å². The van der Waals surface area contributed by atoms with E-state index in [-0.39, 0.29) is 11.8 Å². The summed E-state index contributed by atoms with van der Waals surface area (Å²) in [6, 6.07) is 0.353. The van der Waals surface area contributed by atoms with Crippen molar-refractivity contribution in [3.05, 3.63) is 0 Å². The Labute approximate surface area is 127 Å². The summed E-state index contributed by atoms with van der Waals surface area (Å²) in [5.74, 6) is -0.843. The molecule has 0 heterocycles. The number of hydrogen-bond donors (Lipinski definition) is 1. The van der Waals surface area contributed by atoms with Crippen LogP contribution in [0.3, 0.4) is 0 Å². The van der Waals surface area contributed by atoms with E-state index in [1.165, 1.54) is 12.8 Å². The van der Waals surface area contributed by atoms with Gasteiger partial charge in [-0.25, -0.2) is 0 Å². The maximum absolute atomic E-state index is 12.9. The van der Waals surface area contributed by atoms with Crippen LogP contribution in [-0.4, -0.2) is 34.5 Å². The lowest BCUT2D eigenvalue weighted by Crippen LogP contribution is -2.45. The molecule has 21 heavy (non-hydrogen) atoms. The number of carbonyl (C=O) groups is 2. The van der Waals surface area contributed by atoms with Crippen LogP contribution in [0, 0.1) is 17.8 Å². The molecule has 1 amide bonds. The summed E-state index contributed by atoms with van der Waals surface area (Å²) in [6.45, 7) is 5.14. The van der Waals surface area contributed by atoms with E-state index >= 15 is 0 Å². The van der Waals surface area contributed by atoms with Gasteiger partial charge in [0.05, 0.1) is 11.8 Å². The van der Waals surface area contributed by atoms with Gasteiger partial charge < -0.3 is 10.0 Å². The minimum Gasteiger partial charge on any atom is -0.481 e. The van der Waals surface area contributed by atoms with E-state index in [4.69, 9.17) is 0 Å². The van der Waals surface area contributed by atoms with Crippen LogP contribution >= 0.6 is 0 Å². The minimum atomic E-state index is -0.791. The molecule has 0 aromatic heterocycles. The van der Waals surface area contributed by atoms with Crippen molar-refractivity contribution in [3.63, 3.8) is 0 Å². The van der Waals surface area contributed by atoms with E-state index in [1.54, 1.807) is 0 Å². The molecule has 2 unspecified atom stereocenters. The first kappa shape index (κ1) is 16.3. The van der Waals surface area contributed by atoms with Crippen molar-refractivity contribution in [2.24, 2.45) is 17.8 Å². The van der Waals surface area contributed by atoms with E-state index in [0.29, 0.717) is 18.4 Å². The smallest absolute Gasteiger partial charge is 0.307 e. The van der Waals surface area contributed by atoms with E-state index in [0.717, 1.165) is 38.6 Å². The number of hydrogen-bond acceptors (Lipinski definition) is 2. The average Bonchev–Trinajstić information content (AvgIpc) is 3.09. The first-order valence-electron chi connectivity index (χ1n) is 8.54. The van der Waals surface area contributed by atoms with Crippen molar-refractivity contribution in [1.82, 2.24) is 4.90 Å². The summed E-state index contributed by atoms with van der Waals surface area (Å²) in [5.41, 5.74) is 0. The molecular formula is C17H29NO3. The molecule has 4 nitrogen and oxygen atoms in total. The van der Waals surface area contributed by atoms with Crippen LogP contribution in [0.5, 0.6) is 0 Å². The van der Waals surface area contributed by atoms with Gasteiger partial charge in [0.25, 0.3) is 0 Å². The van der Waals surface area contributed by atoms with E-state index in [9.17, 15) is 14.7 Å². The van der Waals surface area contributed by atoms with Gasteiger partial charge in [0.2, 0.25) is 5.91 Å². The molecule has 4 heteroatoms. The fraction of sp³-hybridized carbons (Fsp3) is 0.882. The van der Waals surface area contributed by atoms with E-state index in [1.807, 2.05) is 4.90 Å². The molecule has 0 saturated heterocycles. The van der Waals surface area contributed by atoms with Crippen LogP contribution in [0.15, 0.2) is 0 Å². The Hall–Kier alpha value is -1.06. The molecule has 0 aliphatic heterocycles. The third-order valence-electron chi connectivity index (χ3n) is 5.15. The molecule has 2 aliphatic carbocycles. The lowest BCUT2D eigenvalue weighted by Gasteiger charge is -2.33. The molecule has 2 atom stereocenters. The molecule has 120 valence electrons. The van der Waals surface area contributed by atoms with Gasteiger partial charge in [0.1, 0.15) is 0 Å². The molecule has 2 fully saturated rings. The fourth-order valence-corrected chi connectivity index (χ4v) is 3.85. The molecule has 2 saturated carbocycles. The summed E-state index contributed by atoms with van der Waals surface area (Å²) in [7, 11) is 0. The number of amides is 1. The predicted molar refractivity (Wildman–Crippen MR) is 81.9 cm³/mol. The standard InChI is InChI=1S/C17H29NO3/c1-12(2)10-11-18(13-6-3-4-7-13)16(19)14-8-5-9-15(14)17(20)21/h12-15H,3-11H2,1-2H3,(H,20,21). The fourth-order valence-electron chi connectivity index (χ4n) is 3.85. The van der Waals surface area contributed by atoms with Gasteiger partial charge in [-0.1, -0.05) is 33.1 Å². The van der Waals surface area contributed by atoms with Gasteiger partial charge in [-0.05, 0) is 38.0 Å². The zero-order valence-electron chi connectivity index (χ0n) is 13.4. The first-order chi connectivity index (χ1) is 10.0. The average molecular weight is 295 g/mol. The van der Waals surface area contributed by atoms with Crippen LogP contribution in [0.1, 0.15) is 65.2 Å². The molecule has 0 aromatic carbocycles. The summed E-state index contributed by atoms with van der Waals surface area (Å²) in [6.07, 6.45) is 7.87. The molecule has 0 bridgehead atoms. The number of rotatable bonds is 6. The second kappa shape index (κ2) is 7.28. The quantitative estimate of drug-likeness (QED) is 0.818. The number of aliphatic carboxylic acids is 1. The highest BCUT2D eigenvalue weighted by Gasteiger charge is 2.41. The summed E-state index contributed by atoms with van der Waals surface area (Å²) in [4.78, 5) is 26.3. The maximum Gasteiger partial charge on any atom is 0.307 e. The van der Waals surface area contributed by atoms with Crippen LogP contribution in [-0.2, 0) is 9.59 Å². The van der Waals surface area contributed by atoms with Crippen molar-refractivity contribution in [1.29, 1.82) is 0 Å². The van der Waals surface area contributed by atoms with Crippen molar-refractivity contribution in [2.45, 2.75) is 71.3 Å². The molecule has 1 N–H and O–H groups in total.